The molecule has 0 aromatic carbocycles. The molecule has 0 heterocycles. The zero-order valence-corrected chi connectivity index (χ0v) is 6.08. The minimum atomic E-state index is 0. The molecule has 0 radical (unpaired) electrons. The second-order valence-electron chi connectivity index (χ2n) is 0.707. The molecule has 2 heteroatoms. The molecule has 0 unspecified atom stereocenters. The Labute approximate surface area is 34.3 Å². The molecule has 0 spiro atoms. The topological polar surface area (TPSA) is 28.5 Å². The average molecular weight is 111 g/mol. The van der Waals surface area contributed by atoms with Crippen molar-refractivity contribution in [3.05, 3.63) is 0 Å². The quantitative estimate of drug-likeness (QED) is 0.418. The van der Waals surface area contributed by atoms with Crippen LogP contribution in [0, 0.1) is 0 Å². The van der Waals surface area contributed by atoms with Crippen LogP contribution < -0.4 is 0 Å². The van der Waals surface area contributed by atoms with Crippen molar-refractivity contribution in [2.75, 3.05) is 0 Å². The van der Waals surface area contributed by atoms with Crippen LogP contribution in [0.4, 0.5) is 0 Å². The number of rotatable bonds is 0. The monoisotopic (exact) mass is 110 g/mol. The van der Waals surface area contributed by atoms with Gasteiger partial charge in [-0.1, -0.05) is 0 Å². The van der Waals surface area contributed by atoms with E-state index in [-0.39, 0.29) is 22.6 Å². The molecule has 0 saturated heterocycles. The molecule has 1 nitrogen and oxygen atoms in total. The Kier molecular flexibility index (Phi) is 21.0. The zero-order valence-electron chi connectivity index (χ0n) is 3.12. The second-order valence-corrected chi connectivity index (χ2v) is 3.67. The van der Waals surface area contributed by atoms with E-state index in [4.69, 9.17) is 0 Å². The van der Waals surface area contributed by atoms with Crippen molar-refractivity contribution in [2.24, 2.45) is 0 Å². The van der Waals surface area contributed by atoms with E-state index in [0.29, 0.717) is 0 Å². The predicted molar refractivity (Wildman–Crippen MR) is 12.4 cm³/mol. The van der Waals surface area contributed by atoms with Gasteiger partial charge in [0.15, 0.2) is 0 Å². The van der Waals surface area contributed by atoms with Gasteiger partial charge >= 0.3 is 28.2 Å². The van der Waals surface area contributed by atoms with E-state index in [1.54, 1.807) is 0 Å². The van der Waals surface area contributed by atoms with Crippen molar-refractivity contribution in [3.63, 3.8) is 0 Å². The minimum Gasteiger partial charge on any atom is -2.00 e. The first-order chi connectivity index (χ1) is 1.41. The molecule has 0 aromatic rings. The van der Waals surface area contributed by atoms with E-state index in [9.17, 15) is 0 Å². The summed E-state index contributed by atoms with van der Waals surface area (Å²) < 4.78 is 0. The largest absolute Gasteiger partial charge is 2.00 e. The molecule has 0 saturated carbocycles. The Balaban J connectivity index is 0. The Bertz CT molecular complexity index is 6.00. The summed E-state index contributed by atoms with van der Waals surface area (Å²) in [6.45, 7) is 0. The number of hydrogen-bond donors (Lipinski definition) is 0. The van der Waals surface area contributed by atoms with Crippen molar-refractivity contribution in [3.8, 4) is 0 Å². The fourth-order valence-corrected chi connectivity index (χ4v) is 0. The molecule has 0 atom stereocenters. The molecule has 0 amide bonds. The molecule has 0 fully saturated rings. The van der Waals surface area contributed by atoms with Crippen LogP contribution in [0.15, 0.2) is 0 Å². The Hall–Kier alpha value is 0.583. The Morgan fingerprint density at radius 1 is 1.25 bits per heavy atom. The molecule has 0 rings (SSSR count). The molecule has 0 aromatic heterocycles. The summed E-state index contributed by atoms with van der Waals surface area (Å²) in [6.07, 6.45) is 0. The first-order valence-corrected chi connectivity index (χ1v) is 7.35. The molecule has 24 valence electrons. The van der Waals surface area contributed by atoms with Gasteiger partial charge in [0.1, 0.15) is 0 Å². The van der Waals surface area contributed by atoms with E-state index in [1.807, 2.05) is 0 Å². The fraction of sp³-hybridized carbons (Fsp3) is 1.00. The summed E-state index contributed by atoms with van der Waals surface area (Å²) in [5.41, 5.74) is 4.62. The predicted octanol–water partition coefficient (Wildman–Crippen LogP) is 1.05. The van der Waals surface area contributed by atoms with E-state index in [2.05, 4.69) is 11.0 Å². The molecule has 0 aliphatic carbocycles. The fourth-order valence-electron chi connectivity index (χ4n) is 0. The van der Waals surface area contributed by atoms with Gasteiger partial charge in [-0.05, 0) is 0 Å². The summed E-state index contributed by atoms with van der Waals surface area (Å²) >= 11 is 0.125. The molecule has 0 N–H and O–H groups in total. The second kappa shape index (κ2) is 9.54. The molecular formula is C2H6OZn-2. The van der Waals surface area contributed by atoms with E-state index >= 15 is 0 Å². The van der Waals surface area contributed by atoms with Crippen molar-refractivity contribution in [1.29, 1.82) is 0 Å². The summed E-state index contributed by atoms with van der Waals surface area (Å²) in [7, 11) is 0. The van der Waals surface area contributed by atoms with Gasteiger partial charge in [0.05, 0.1) is 0 Å². The smallest absolute Gasteiger partial charge is 2.00 e. The van der Waals surface area contributed by atoms with Gasteiger partial charge in [0.2, 0.25) is 0 Å². The van der Waals surface area contributed by atoms with Crippen LogP contribution in [0.5, 0.6) is 0 Å². The van der Waals surface area contributed by atoms with Gasteiger partial charge in [-0.3, -0.25) is 0 Å². The first-order valence-electron chi connectivity index (χ1n) is 1.41. The van der Waals surface area contributed by atoms with Crippen LogP contribution >= 0.6 is 0 Å². The van der Waals surface area contributed by atoms with Gasteiger partial charge in [0, 0.05) is 0 Å². The summed E-state index contributed by atoms with van der Waals surface area (Å²) in [6, 6.07) is 0. The Morgan fingerprint density at radius 2 is 1.25 bits per heavy atom. The van der Waals surface area contributed by atoms with Crippen LogP contribution in [0.1, 0.15) is 0 Å². The van der Waals surface area contributed by atoms with Crippen molar-refractivity contribution in [1.82, 2.24) is 0 Å². The average Bonchev–Trinajstić information content (AvgIpc) is 0.918. The zero-order chi connectivity index (χ0) is 2.71. The molecule has 0 aliphatic rings. The van der Waals surface area contributed by atoms with Gasteiger partial charge in [-0.15, -0.1) is 0 Å². The van der Waals surface area contributed by atoms with Crippen LogP contribution in [-0.4, -0.2) is 0 Å². The number of hydrogen-bond acceptors (Lipinski definition) is 0. The third-order valence-electron chi connectivity index (χ3n) is 0. The molecule has 0 bridgehead atoms. The van der Waals surface area contributed by atoms with Crippen LogP contribution in [-0.2, 0) is 22.6 Å². The molecular weight excluding hydrogens is 105 g/mol. The third kappa shape index (κ3) is 19.0. The van der Waals surface area contributed by atoms with Gasteiger partial charge in [-0.25, -0.2) is 0 Å². The van der Waals surface area contributed by atoms with Gasteiger partial charge in [-0.2, -0.15) is 0 Å². The molecule has 4 heavy (non-hydrogen) atoms. The maximum absolute atomic E-state index is 2.31. The summed E-state index contributed by atoms with van der Waals surface area (Å²) in [4.78, 5) is 0. The van der Waals surface area contributed by atoms with E-state index in [0.717, 1.165) is 0 Å². The maximum Gasteiger partial charge on any atom is -2.00 e. The van der Waals surface area contributed by atoms with Crippen LogP contribution in [0.2, 0.25) is 11.0 Å². The van der Waals surface area contributed by atoms with Gasteiger partial charge in [0.25, 0.3) is 0 Å². The van der Waals surface area contributed by atoms with Crippen LogP contribution in [0.3, 0.4) is 0 Å². The SMILES string of the molecule is [CH3][Zn][CH3].[O-2]. The minimum absolute atomic E-state index is 0. The normalized spacial score (nSPS) is 2.50. The molecule has 0 aliphatic heterocycles. The first kappa shape index (κ1) is 8.82. The van der Waals surface area contributed by atoms with E-state index in [1.165, 1.54) is 0 Å². The summed E-state index contributed by atoms with van der Waals surface area (Å²) in [5, 5.41) is 0. The van der Waals surface area contributed by atoms with Gasteiger partial charge < -0.3 is 5.48 Å². The third-order valence-corrected chi connectivity index (χ3v) is 0. The Morgan fingerprint density at radius 3 is 1.25 bits per heavy atom. The van der Waals surface area contributed by atoms with Crippen molar-refractivity contribution < 1.29 is 22.6 Å². The van der Waals surface area contributed by atoms with Crippen molar-refractivity contribution in [2.45, 2.75) is 11.0 Å². The standard InChI is InChI=1S/2CH3.O.Zn/h2*1H3;;/q;;-2;. The van der Waals surface area contributed by atoms with Crippen molar-refractivity contribution >= 4 is 0 Å². The van der Waals surface area contributed by atoms with Crippen LogP contribution in [0.25, 0.3) is 0 Å². The van der Waals surface area contributed by atoms with E-state index < -0.39 is 0 Å². The maximum atomic E-state index is 2.31. The summed E-state index contributed by atoms with van der Waals surface area (Å²) in [5.74, 6) is 0.